The third kappa shape index (κ3) is 4.96. The molecule has 1 fully saturated rings. The second-order valence-corrected chi connectivity index (χ2v) is 7.29. The van der Waals surface area contributed by atoms with E-state index in [0.29, 0.717) is 11.3 Å². The van der Waals surface area contributed by atoms with Gasteiger partial charge in [-0.3, -0.25) is 0 Å². The molecule has 0 bridgehead atoms. The number of carboxylic acids is 1. The van der Waals surface area contributed by atoms with Crippen molar-refractivity contribution in [2.45, 2.75) is 24.9 Å². The molecular weight excluding hydrogens is 430 g/mol. The van der Waals surface area contributed by atoms with Crippen molar-refractivity contribution >= 4 is 17.5 Å². The molecule has 0 saturated heterocycles. The maximum atomic E-state index is 13.3. The van der Waals surface area contributed by atoms with Gasteiger partial charge in [0.25, 0.3) is 0 Å². The van der Waals surface area contributed by atoms with Gasteiger partial charge in [-0.25, -0.2) is 19.2 Å². The van der Waals surface area contributed by atoms with Crippen molar-refractivity contribution in [3.8, 4) is 16.9 Å². The number of halogens is 4. The Hall–Kier alpha value is -3.69. The first kappa shape index (κ1) is 21.5. The lowest BCUT2D eigenvalue weighted by Gasteiger charge is -2.18. The molecule has 166 valence electrons. The van der Waals surface area contributed by atoms with Gasteiger partial charge < -0.3 is 15.2 Å². The molecule has 10 heteroatoms. The number of nitrogens with one attached hydrogen (secondary N) is 1. The van der Waals surface area contributed by atoms with Crippen LogP contribution >= 0.6 is 0 Å². The van der Waals surface area contributed by atoms with Crippen molar-refractivity contribution in [3.63, 3.8) is 0 Å². The van der Waals surface area contributed by atoms with Crippen LogP contribution in [0.2, 0.25) is 0 Å². The molecule has 0 radical (unpaired) electrons. The zero-order valence-corrected chi connectivity index (χ0v) is 16.5. The predicted molar refractivity (Wildman–Crippen MR) is 108 cm³/mol. The fourth-order valence-corrected chi connectivity index (χ4v) is 3.15. The van der Waals surface area contributed by atoms with Gasteiger partial charge in [0.1, 0.15) is 5.82 Å². The zero-order chi connectivity index (χ0) is 22.9. The van der Waals surface area contributed by atoms with Gasteiger partial charge in [-0.15, -0.1) is 0 Å². The molecule has 4 rings (SSSR count). The molecule has 3 aromatic rings. The molecule has 1 aliphatic rings. The van der Waals surface area contributed by atoms with Crippen LogP contribution in [0.1, 0.15) is 34.9 Å². The van der Waals surface area contributed by atoms with Gasteiger partial charge in [-0.05, 0) is 36.6 Å². The highest BCUT2D eigenvalue weighted by atomic mass is 19.4. The highest BCUT2D eigenvalue weighted by Gasteiger charge is 2.30. The number of anilines is 2. The normalized spacial score (nSPS) is 13.6. The largest absolute Gasteiger partial charge is 0.481 e. The Morgan fingerprint density at radius 3 is 2.50 bits per heavy atom. The smallest absolute Gasteiger partial charge is 0.422 e. The molecule has 1 saturated carbocycles. The summed E-state index contributed by atoms with van der Waals surface area (Å²) < 4.78 is 57.1. The Morgan fingerprint density at radius 1 is 1.16 bits per heavy atom. The van der Waals surface area contributed by atoms with E-state index in [-0.39, 0.29) is 34.4 Å². The molecule has 0 atom stereocenters. The van der Waals surface area contributed by atoms with Gasteiger partial charge in [-0.1, -0.05) is 24.3 Å². The third-order valence-corrected chi connectivity index (χ3v) is 4.79. The third-order valence-electron chi connectivity index (χ3n) is 4.79. The highest BCUT2D eigenvalue weighted by Crippen LogP contribution is 2.41. The number of benzene rings is 2. The number of para-hydroxylation sites is 1. The first-order valence-corrected chi connectivity index (χ1v) is 9.67. The molecule has 6 nitrogen and oxygen atoms in total. The Labute approximate surface area is 179 Å². The van der Waals surface area contributed by atoms with E-state index in [1.807, 2.05) is 0 Å². The van der Waals surface area contributed by atoms with E-state index in [1.54, 1.807) is 6.07 Å². The maximum Gasteiger partial charge on any atom is 0.422 e. The number of aromatic nitrogens is 2. The second-order valence-electron chi connectivity index (χ2n) is 7.29. The van der Waals surface area contributed by atoms with Gasteiger partial charge >= 0.3 is 12.1 Å². The Kier molecular flexibility index (Phi) is 5.68. The number of carbonyl (C=O) groups is 1. The maximum absolute atomic E-state index is 13.3. The van der Waals surface area contributed by atoms with E-state index in [2.05, 4.69) is 15.3 Å². The molecule has 0 spiro atoms. The number of aromatic carboxylic acids is 1. The van der Waals surface area contributed by atoms with E-state index in [1.165, 1.54) is 42.6 Å². The van der Waals surface area contributed by atoms with E-state index in [4.69, 9.17) is 4.74 Å². The molecule has 2 aromatic carbocycles. The number of hydrogen-bond donors (Lipinski definition) is 2. The van der Waals surface area contributed by atoms with Crippen LogP contribution in [0.15, 0.2) is 48.7 Å². The minimum atomic E-state index is -4.61. The Balaban J connectivity index is 1.75. The number of alkyl halides is 3. The first-order chi connectivity index (χ1) is 15.2. The number of ether oxygens (including phenoxy) is 1. The van der Waals surface area contributed by atoms with Crippen LogP contribution in [-0.2, 0) is 0 Å². The summed E-state index contributed by atoms with van der Waals surface area (Å²) in [5, 5.41) is 12.3. The summed E-state index contributed by atoms with van der Waals surface area (Å²) in [5.41, 5.74) is 0.955. The van der Waals surface area contributed by atoms with Crippen LogP contribution in [0, 0.1) is 5.82 Å². The van der Waals surface area contributed by atoms with Gasteiger partial charge in [-0.2, -0.15) is 13.2 Å². The average molecular weight is 447 g/mol. The van der Waals surface area contributed by atoms with Crippen LogP contribution in [0.5, 0.6) is 5.75 Å². The molecule has 1 aromatic heterocycles. The summed E-state index contributed by atoms with van der Waals surface area (Å²) in [6.45, 7) is -1.57. The Morgan fingerprint density at radius 2 is 1.88 bits per heavy atom. The van der Waals surface area contributed by atoms with Crippen molar-refractivity contribution in [2.75, 3.05) is 11.9 Å². The molecule has 0 aliphatic heterocycles. The Bertz CT molecular complexity index is 1150. The summed E-state index contributed by atoms with van der Waals surface area (Å²) in [6.07, 6.45) is -1.36. The number of rotatable bonds is 7. The topological polar surface area (TPSA) is 84.3 Å². The van der Waals surface area contributed by atoms with Gasteiger partial charge in [0.15, 0.2) is 23.9 Å². The minimum Gasteiger partial charge on any atom is -0.481 e. The summed E-state index contributed by atoms with van der Waals surface area (Å²) in [6, 6.07) is 9.66. The molecular formula is C22H17F4N3O3. The second kappa shape index (κ2) is 8.45. The molecule has 32 heavy (non-hydrogen) atoms. The molecule has 1 aliphatic carbocycles. The molecule has 0 amide bonds. The van der Waals surface area contributed by atoms with Crippen LogP contribution in [0.4, 0.5) is 29.1 Å². The van der Waals surface area contributed by atoms with E-state index in [0.717, 1.165) is 12.8 Å². The number of carboxylic acid groups (broad SMARTS) is 1. The van der Waals surface area contributed by atoms with Crippen LogP contribution in [0.25, 0.3) is 11.1 Å². The van der Waals surface area contributed by atoms with Gasteiger partial charge in [0.05, 0.1) is 17.6 Å². The van der Waals surface area contributed by atoms with Crippen molar-refractivity contribution in [2.24, 2.45) is 0 Å². The van der Waals surface area contributed by atoms with Crippen LogP contribution in [0.3, 0.4) is 0 Å². The monoisotopic (exact) mass is 447 g/mol. The van der Waals surface area contributed by atoms with Crippen molar-refractivity contribution in [3.05, 3.63) is 65.9 Å². The fourth-order valence-electron chi connectivity index (χ4n) is 3.15. The summed E-state index contributed by atoms with van der Waals surface area (Å²) in [4.78, 5) is 20.0. The lowest BCUT2D eigenvalue weighted by molar-refractivity contribution is -0.153. The number of nitrogens with zero attached hydrogens (tertiary/aromatic N) is 2. The van der Waals surface area contributed by atoms with Crippen LogP contribution in [-0.4, -0.2) is 33.8 Å². The SMILES string of the molecule is O=C(O)c1nc(C2CC2)cnc1Nc1cccc(-c2ccc(F)cc2)c1OCC(F)(F)F. The standard InChI is InChI=1S/C22H17F4N3O3/c23-14-8-6-12(7-9-14)15-2-1-3-16(19(15)32-11-22(24,25)26)29-20-18(21(30)31)28-17(10-27-20)13-4-5-13/h1-3,6-10,13H,4-5,11H2,(H,27,29)(H,30,31). The van der Waals surface area contributed by atoms with E-state index < -0.39 is 24.6 Å². The number of hydrogen-bond acceptors (Lipinski definition) is 5. The van der Waals surface area contributed by atoms with Gasteiger partial charge in [0.2, 0.25) is 0 Å². The minimum absolute atomic E-state index is 0.0621. The zero-order valence-electron chi connectivity index (χ0n) is 16.5. The highest BCUT2D eigenvalue weighted by molar-refractivity contribution is 5.92. The summed E-state index contributed by atoms with van der Waals surface area (Å²) in [5.74, 6) is -1.97. The van der Waals surface area contributed by atoms with Crippen molar-refractivity contribution in [1.29, 1.82) is 0 Å². The summed E-state index contributed by atoms with van der Waals surface area (Å²) >= 11 is 0. The molecule has 2 N–H and O–H groups in total. The summed E-state index contributed by atoms with van der Waals surface area (Å²) in [7, 11) is 0. The predicted octanol–water partition coefficient (Wildman–Crippen LogP) is 5.54. The average Bonchev–Trinajstić information content (AvgIpc) is 3.58. The van der Waals surface area contributed by atoms with E-state index >= 15 is 0 Å². The van der Waals surface area contributed by atoms with Gasteiger partial charge in [0, 0.05) is 11.5 Å². The van der Waals surface area contributed by atoms with Crippen molar-refractivity contribution < 1.29 is 32.2 Å². The molecule has 1 heterocycles. The first-order valence-electron chi connectivity index (χ1n) is 9.67. The lowest BCUT2D eigenvalue weighted by Crippen LogP contribution is -2.20. The lowest BCUT2D eigenvalue weighted by atomic mass is 10.0. The van der Waals surface area contributed by atoms with Crippen LogP contribution < -0.4 is 10.1 Å². The molecule has 0 unspecified atom stereocenters. The van der Waals surface area contributed by atoms with Crippen molar-refractivity contribution in [1.82, 2.24) is 9.97 Å². The quantitative estimate of drug-likeness (QED) is 0.463. The van der Waals surface area contributed by atoms with E-state index in [9.17, 15) is 27.5 Å². The fraction of sp³-hybridized carbons (Fsp3) is 0.227.